The van der Waals surface area contributed by atoms with Crippen LogP contribution >= 0.6 is 0 Å². The molecule has 62 valence electrons. The Morgan fingerprint density at radius 1 is 1.73 bits per heavy atom. The van der Waals surface area contributed by atoms with Gasteiger partial charge < -0.3 is 5.11 Å². The molecule has 0 aliphatic heterocycles. The van der Waals surface area contributed by atoms with Gasteiger partial charge in [-0.05, 0) is 37.5 Å². The zero-order chi connectivity index (χ0) is 7.90. The van der Waals surface area contributed by atoms with E-state index in [0.717, 1.165) is 5.92 Å². The maximum Gasteiger partial charge on any atom is 0.0615 e. The lowest BCUT2D eigenvalue weighted by Crippen LogP contribution is -2.00. The Hall–Kier alpha value is -0.300. The van der Waals surface area contributed by atoms with Gasteiger partial charge in [0.2, 0.25) is 0 Å². The average Bonchev–Trinajstić information content (AvgIpc) is 2.57. The van der Waals surface area contributed by atoms with Crippen molar-refractivity contribution in [2.75, 3.05) is 6.61 Å². The van der Waals surface area contributed by atoms with Crippen LogP contribution in [0.1, 0.15) is 32.6 Å². The molecule has 0 amide bonds. The number of fused-ring (bicyclic) bond motifs is 1. The van der Waals surface area contributed by atoms with Gasteiger partial charge in [-0.1, -0.05) is 18.1 Å². The summed E-state index contributed by atoms with van der Waals surface area (Å²) in [6, 6.07) is 0. The molecule has 0 radical (unpaired) electrons. The summed E-state index contributed by atoms with van der Waals surface area (Å²) >= 11 is 0. The first-order chi connectivity index (χ1) is 5.29. The molecule has 0 saturated heterocycles. The zero-order valence-electron chi connectivity index (χ0n) is 7.14. The van der Waals surface area contributed by atoms with Crippen LogP contribution in [0.5, 0.6) is 0 Å². The van der Waals surface area contributed by atoms with E-state index >= 15 is 0 Å². The average molecular weight is 152 g/mol. The van der Waals surface area contributed by atoms with Crippen molar-refractivity contribution in [3.8, 4) is 0 Å². The molecule has 0 aromatic rings. The molecule has 0 aromatic carbocycles. The van der Waals surface area contributed by atoms with Crippen molar-refractivity contribution >= 4 is 0 Å². The van der Waals surface area contributed by atoms with E-state index in [1.54, 1.807) is 0 Å². The van der Waals surface area contributed by atoms with Crippen molar-refractivity contribution in [3.05, 3.63) is 11.6 Å². The summed E-state index contributed by atoms with van der Waals surface area (Å²) in [5, 5.41) is 8.75. The number of aliphatic hydroxyl groups excluding tert-OH is 1. The lowest BCUT2D eigenvalue weighted by molar-refractivity contribution is 0.339. The third-order valence-electron chi connectivity index (χ3n) is 3.59. The summed E-state index contributed by atoms with van der Waals surface area (Å²) in [4.78, 5) is 0. The molecule has 2 atom stereocenters. The Bertz CT molecular complexity index is 195. The first-order valence-electron chi connectivity index (χ1n) is 4.58. The second kappa shape index (κ2) is 2.34. The molecule has 0 heterocycles. The third kappa shape index (κ3) is 0.943. The molecule has 1 heteroatoms. The molecule has 0 spiro atoms. The summed E-state index contributed by atoms with van der Waals surface area (Å²) < 4.78 is 0. The van der Waals surface area contributed by atoms with Crippen molar-refractivity contribution < 1.29 is 5.11 Å². The number of aliphatic hydroxyl groups is 1. The molecule has 2 fully saturated rings. The summed E-state index contributed by atoms with van der Waals surface area (Å²) in [5.41, 5.74) is 2.02. The van der Waals surface area contributed by atoms with Crippen molar-refractivity contribution in [2.45, 2.75) is 32.6 Å². The zero-order valence-corrected chi connectivity index (χ0v) is 7.14. The minimum absolute atomic E-state index is 0.223. The third-order valence-corrected chi connectivity index (χ3v) is 3.59. The fraction of sp³-hybridized carbons (Fsp3) is 0.800. The Labute approximate surface area is 68.1 Å². The van der Waals surface area contributed by atoms with Crippen LogP contribution in [0, 0.1) is 11.3 Å². The first-order valence-corrected chi connectivity index (χ1v) is 4.58. The SMILES string of the molecule is C/C(=C\CO)C12CCCC1C2. The number of hydrogen-bond donors (Lipinski definition) is 1. The van der Waals surface area contributed by atoms with E-state index in [0.29, 0.717) is 5.41 Å². The molecule has 0 aromatic heterocycles. The monoisotopic (exact) mass is 152 g/mol. The number of hydrogen-bond acceptors (Lipinski definition) is 1. The topological polar surface area (TPSA) is 20.2 Å². The fourth-order valence-electron chi connectivity index (χ4n) is 2.75. The van der Waals surface area contributed by atoms with Crippen LogP contribution in [0.3, 0.4) is 0 Å². The summed E-state index contributed by atoms with van der Waals surface area (Å²) in [7, 11) is 0. The van der Waals surface area contributed by atoms with E-state index in [9.17, 15) is 0 Å². The van der Waals surface area contributed by atoms with Crippen LogP contribution in [-0.4, -0.2) is 11.7 Å². The van der Waals surface area contributed by atoms with Crippen LogP contribution in [0.2, 0.25) is 0 Å². The minimum Gasteiger partial charge on any atom is -0.392 e. The van der Waals surface area contributed by atoms with Crippen LogP contribution in [0.15, 0.2) is 11.6 Å². The van der Waals surface area contributed by atoms with Crippen molar-refractivity contribution in [3.63, 3.8) is 0 Å². The quantitative estimate of drug-likeness (QED) is 0.601. The molecule has 2 saturated carbocycles. The van der Waals surface area contributed by atoms with Gasteiger partial charge in [0.15, 0.2) is 0 Å². The Morgan fingerprint density at radius 2 is 2.55 bits per heavy atom. The van der Waals surface area contributed by atoms with Crippen LogP contribution in [0.25, 0.3) is 0 Å². The first kappa shape index (κ1) is 7.35. The Balaban J connectivity index is 2.10. The lowest BCUT2D eigenvalue weighted by atomic mass is 9.94. The highest BCUT2D eigenvalue weighted by molar-refractivity contribution is 5.25. The number of allylic oxidation sites excluding steroid dienone is 1. The van der Waals surface area contributed by atoms with E-state index in [2.05, 4.69) is 6.92 Å². The molecule has 2 aliphatic rings. The van der Waals surface area contributed by atoms with E-state index in [-0.39, 0.29) is 6.61 Å². The number of rotatable bonds is 2. The van der Waals surface area contributed by atoms with Gasteiger partial charge in [-0.2, -0.15) is 0 Å². The van der Waals surface area contributed by atoms with Crippen LogP contribution in [0.4, 0.5) is 0 Å². The maximum atomic E-state index is 8.75. The highest BCUT2D eigenvalue weighted by Crippen LogP contribution is 2.67. The minimum atomic E-state index is 0.223. The van der Waals surface area contributed by atoms with E-state index in [1.807, 2.05) is 6.08 Å². The molecule has 1 nitrogen and oxygen atoms in total. The predicted molar refractivity (Wildman–Crippen MR) is 45.2 cm³/mol. The lowest BCUT2D eigenvalue weighted by Gasteiger charge is -2.11. The molecular weight excluding hydrogens is 136 g/mol. The smallest absolute Gasteiger partial charge is 0.0615 e. The second-order valence-corrected chi connectivity index (χ2v) is 4.02. The van der Waals surface area contributed by atoms with Gasteiger partial charge in [0.05, 0.1) is 6.61 Å². The molecule has 2 unspecified atom stereocenters. The van der Waals surface area contributed by atoms with Gasteiger partial charge in [0, 0.05) is 0 Å². The standard InChI is InChI=1S/C10H16O/c1-8(4-6-11)10-5-2-3-9(10)7-10/h4,9,11H,2-3,5-7H2,1H3/b8-4+. The largest absolute Gasteiger partial charge is 0.392 e. The van der Waals surface area contributed by atoms with Crippen LogP contribution < -0.4 is 0 Å². The van der Waals surface area contributed by atoms with E-state index in [1.165, 1.54) is 31.3 Å². The van der Waals surface area contributed by atoms with Crippen LogP contribution in [-0.2, 0) is 0 Å². The molecule has 0 bridgehead atoms. The normalized spacial score (nSPS) is 42.4. The van der Waals surface area contributed by atoms with Crippen molar-refractivity contribution in [1.82, 2.24) is 0 Å². The summed E-state index contributed by atoms with van der Waals surface area (Å²) in [6.07, 6.45) is 7.60. The summed E-state index contributed by atoms with van der Waals surface area (Å²) in [5.74, 6) is 0.977. The van der Waals surface area contributed by atoms with Gasteiger partial charge in [-0.25, -0.2) is 0 Å². The molecule has 11 heavy (non-hydrogen) atoms. The maximum absolute atomic E-state index is 8.75. The summed E-state index contributed by atoms with van der Waals surface area (Å²) in [6.45, 7) is 2.40. The van der Waals surface area contributed by atoms with Gasteiger partial charge in [-0.15, -0.1) is 0 Å². The molecule has 2 rings (SSSR count). The van der Waals surface area contributed by atoms with Gasteiger partial charge in [-0.3, -0.25) is 0 Å². The fourth-order valence-corrected chi connectivity index (χ4v) is 2.75. The van der Waals surface area contributed by atoms with Gasteiger partial charge in [0.25, 0.3) is 0 Å². The Kier molecular flexibility index (Phi) is 1.57. The van der Waals surface area contributed by atoms with Gasteiger partial charge >= 0.3 is 0 Å². The molecule has 1 N–H and O–H groups in total. The highest BCUT2D eigenvalue weighted by Gasteiger charge is 2.57. The van der Waals surface area contributed by atoms with E-state index in [4.69, 9.17) is 5.11 Å². The molecule has 2 aliphatic carbocycles. The van der Waals surface area contributed by atoms with Crippen molar-refractivity contribution in [2.24, 2.45) is 11.3 Å². The second-order valence-electron chi connectivity index (χ2n) is 4.02. The van der Waals surface area contributed by atoms with E-state index < -0.39 is 0 Å². The predicted octanol–water partition coefficient (Wildman–Crippen LogP) is 2.12. The van der Waals surface area contributed by atoms with Gasteiger partial charge in [0.1, 0.15) is 0 Å². The Morgan fingerprint density at radius 3 is 3.00 bits per heavy atom. The van der Waals surface area contributed by atoms with Crippen molar-refractivity contribution in [1.29, 1.82) is 0 Å². The highest BCUT2D eigenvalue weighted by atomic mass is 16.2. The molecular formula is C10H16O.